The number of alkyl halides is 3. The van der Waals surface area contributed by atoms with E-state index in [1.165, 1.54) is 24.3 Å². The lowest BCUT2D eigenvalue weighted by atomic mass is 10.1. The molecule has 6 heteroatoms. The Morgan fingerprint density at radius 1 is 1.35 bits per heavy atom. The Labute approximate surface area is 95.2 Å². The van der Waals surface area contributed by atoms with Gasteiger partial charge in [-0.1, -0.05) is 12.7 Å². The zero-order valence-electron chi connectivity index (χ0n) is 8.51. The smallest absolute Gasteiger partial charge is 0.318 e. The van der Waals surface area contributed by atoms with Crippen molar-refractivity contribution in [3.63, 3.8) is 0 Å². The summed E-state index contributed by atoms with van der Waals surface area (Å²) in [7, 11) is 0. The van der Waals surface area contributed by atoms with Gasteiger partial charge in [-0.3, -0.25) is 4.79 Å². The monoisotopic (exact) mass is 240 g/mol. The molecule has 1 aliphatic carbocycles. The summed E-state index contributed by atoms with van der Waals surface area (Å²) < 4.78 is 35.9. The number of nitrogens with zero attached hydrogens (tertiary/aromatic N) is 1. The molecule has 1 aliphatic rings. The Kier molecular flexibility index (Phi) is 3.53. The average Bonchev–Trinajstić information content (AvgIpc) is 2.40. The van der Waals surface area contributed by atoms with Gasteiger partial charge in [0, 0.05) is 5.70 Å². The fourth-order valence-electron chi connectivity index (χ4n) is 1.01. The second kappa shape index (κ2) is 4.70. The Hall–Kier alpha value is -2.29. The molecule has 0 unspecified atom stereocenters. The molecule has 0 atom stereocenters. The predicted octanol–water partition coefficient (Wildman–Crippen LogP) is 2.12. The third-order valence-electron chi connectivity index (χ3n) is 1.88. The molecule has 0 fully saturated rings. The number of amides is 1. The van der Waals surface area contributed by atoms with Gasteiger partial charge in [0.1, 0.15) is 0 Å². The third kappa shape index (κ3) is 3.34. The van der Waals surface area contributed by atoms with Gasteiger partial charge < -0.3 is 5.32 Å². The summed E-state index contributed by atoms with van der Waals surface area (Å²) >= 11 is 0. The van der Waals surface area contributed by atoms with Gasteiger partial charge in [0.25, 0.3) is 0 Å². The van der Waals surface area contributed by atoms with Crippen LogP contribution in [0.15, 0.2) is 47.7 Å². The average molecular weight is 240 g/mol. The highest BCUT2D eigenvalue weighted by Crippen LogP contribution is 2.17. The minimum absolute atomic E-state index is 0.0567. The summed E-state index contributed by atoms with van der Waals surface area (Å²) in [5.41, 5.74) is 0.524. The molecule has 0 aromatic carbocycles. The van der Waals surface area contributed by atoms with E-state index in [4.69, 9.17) is 5.26 Å². The lowest BCUT2D eigenvalue weighted by Gasteiger charge is -2.07. The van der Waals surface area contributed by atoms with E-state index in [0.29, 0.717) is 5.57 Å². The van der Waals surface area contributed by atoms with E-state index >= 15 is 0 Å². The first-order valence-electron chi connectivity index (χ1n) is 4.42. The van der Waals surface area contributed by atoms with Crippen LogP contribution in [0.1, 0.15) is 0 Å². The number of carbonyl (C=O) groups excluding carboxylic acids is 1. The summed E-state index contributed by atoms with van der Waals surface area (Å²) in [6, 6.07) is 1.83. The second-order valence-corrected chi connectivity index (χ2v) is 3.12. The first kappa shape index (κ1) is 12.8. The lowest BCUT2D eigenvalue weighted by molar-refractivity contribution is -0.172. The molecule has 1 N–H and O–H groups in total. The van der Waals surface area contributed by atoms with Crippen molar-refractivity contribution in [2.75, 3.05) is 0 Å². The van der Waals surface area contributed by atoms with E-state index in [0.717, 1.165) is 0 Å². The van der Waals surface area contributed by atoms with Gasteiger partial charge in [-0.25, -0.2) is 0 Å². The van der Waals surface area contributed by atoms with E-state index in [2.05, 4.69) is 6.58 Å². The van der Waals surface area contributed by atoms with Crippen LogP contribution in [0.2, 0.25) is 0 Å². The molecule has 0 saturated heterocycles. The molecule has 0 aromatic rings. The van der Waals surface area contributed by atoms with Crippen molar-refractivity contribution < 1.29 is 18.0 Å². The van der Waals surface area contributed by atoms with Crippen LogP contribution in [0.5, 0.6) is 0 Å². The molecule has 0 heterocycles. The van der Waals surface area contributed by atoms with Crippen molar-refractivity contribution in [1.29, 1.82) is 5.26 Å². The number of nitriles is 1. The van der Waals surface area contributed by atoms with Crippen LogP contribution in [0.25, 0.3) is 0 Å². The van der Waals surface area contributed by atoms with Crippen molar-refractivity contribution in [2.45, 2.75) is 6.18 Å². The molecule has 0 saturated carbocycles. The van der Waals surface area contributed by atoms with Gasteiger partial charge in [-0.05, 0) is 23.8 Å². The molecule has 0 aliphatic heterocycles. The molecule has 17 heavy (non-hydrogen) atoms. The van der Waals surface area contributed by atoms with Gasteiger partial charge >= 0.3 is 12.1 Å². The third-order valence-corrected chi connectivity index (χ3v) is 1.88. The van der Waals surface area contributed by atoms with Crippen LogP contribution in [0, 0.1) is 11.3 Å². The molecule has 0 bridgehead atoms. The minimum Gasteiger partial charge on any atom is -0.318 e. The quantitative estimate of drug-likeness (QED) is 0.763. The Bertz CT molecular complexity index is 490. The second-order valence-electron chi connectivity index (χ2n) is 3.12. The largest absolute Gasteiger partial charge is 0.471 e. The normalized spacial score (nSPS) is 15.5. The first-order chi connectivity index (χ1) is 7.84. The van der Waals surface area contributed by atoms with Gasteiger partial charge in [0.15, 0.2) is 0 Å². The van der Waals surface area contributed by atoms with Crippen molar-refractivity contribution >= 4 is 5.91 Å². The summed E-state index contributed by atoms with van der Waals surface area (Å²) in [6.07, 6.45) is 0.141. The molecule has 3 nitrogen and oxygen atoms in total. The highest BCUT2D eigenvalue weighted by Gasteiger charge is 2.38. The number of allylic oxidation sites excluding steroid dienone is 6. The summed E-state index contributed by atoms with van der Waals surface area (Å²) in [4.78, 5) is 10.7. The van der Waals surface area contributed by atoms with E-state index in [1.807, 2.05) is 6.07 Å². The number of carbonyl (C=O) groups is 1. The van der Waals surface area contributed by atoms with Crippen LogP contribution in [-0.2, 0) is 4.79 Å². The first-order valence-corrected chi connectivity index (χ1v) is 4.42. The topological polar surface area (TPSA) is 52.9 Å². The summed E-state index contributed by atoms with van der Waals surface area (Å²) in [5, 5.41) is 10.4. The molecular formula is C11H7F3N2O. The van der Waals surface area contributed by atoms with Crippen molar-refractivity contribution in [1.82, 2.24) is 5.32 Å². The van der Waals surface area contributed by atoms with Crippen LogP contribution in [-0.4, -0.2) is 12.1 Å². The zero-order valence-corrected chi connectivity index (χ0v) is 8.51. The van der Waals surface area contributed by atoms with Crippen molar-refractivity contribution in [2.24, 2.45) is 0 Å². The predicted molar refractivity (Wildman–Crippen MR) is 54.3 cm³/mol. The van der Waals surface area contributed by atoms with Crippen LogP contribution in [0.4, 0.5) is 13.2 Å². The van der Waals surface area contributed by atoms with Crippen molar-refractivity contribution in [3.05, 3.63) is 47.7 Å². The number of halogens is 3. The zero-order chi connectivity index (χ0) is 13.1. The highest BCUT2D eigenvalue weighted by atomic mass is 19.4. The number of hydrogen-bond acceptors (Lipinski definition) is 2. The highest BCUT2D eigenvalue weighted by molar-refractivity contribution is 5.83. The molecule has 0 spiro atoms. The van der Waals surface area contributed by atoms with Gasteiger partial charge in [0.2, 0.25) is 0 Å². The molecule has 0 aromatic heterocycles. The summed E-state index contributed by atoms with van der Waals surface area (Å²) in [5.74, 6) is -2.06. The Balaban J connectivity index is 2.89. The van der Waals surface area contributed by atoms with E-state index in [9.17, 15) is 18.0 Å². The number of rotatable bonds is 1. The maximum Gasteiger partial charge on any atom is 0.471 e. The number of nitrogens with one attached hydrogen (secondary N) is 1. The molecule has 1 amide bonds. The van der Waals surface area contributed by atoms with Crippen LogP contribution in [0.3, 0.4) is 0 Å². The SMILES string of the molecule is C=C1C=CC(NC(=O)C(F)(F)F)=CC=C1C#N. The maximum absolute atomic E-state index is 12.0. The Morgan fingerprint density at radius 3 is 2.53 bits per heavy atom. The van der Waals surface area contributed by atoms with E-state index in [1.54, 1.807) is 5.32 Å². The van der Waals surface area contributed by atoms with E-state index in [-0.39, 0.29) is 11.3 Å². The molecule has 88 valence electrons. The maximum atomic E-state index is 12.0. The standard InChI is InChI=1S/C11H7F3N2O/c1-7-2-4-9(5-3-8(7)6-15)16-10(17)11(12,13)14/h2-5H,1H2,(H,16,17). The summed E-state index contributed by atoms with van der Waals surface area (Å²) in [6.45, 7) is 3.54. The van der Waals surface area contributed by atoms with Crippen molar-refractivity contribution in [3.8, 4) is 6.07 Å². The van der Waals surface area contributed by atoms with E-state index < -0.39 is 12.1 Å². The fourth-order valence-corrected chi connectivity index (χ4v) is 1.01. The lowest BCUT2D eigenvalue weighted by Crippen LogP contribution is -2.35. The van der Waals surface area contributed by atoms with Gasteiger partial charge in [-0.2, -0.15) is 18.4 Å². The van der Waals surface area contributed by atoms with Crippen LogP contribution < -0.4 is 5.32 Å². The molecule has 0 radical (unpaired) electrons. The fraction of sp³-hybridized carbons (Fsp3) is 0.0909. The van der Waals surface area contributed by atoms with Gasteiger partial charge in [-0.15, -0.1) is 0 Å². The molecular weight excluding hydrogens is 233 g/mol. The minimum atomic E-state index is -4.94. The Morgan fingerprint density at radius 2 is 2.00 bits per heavy atom. The number of hydrogen-bond donors (Lipinski definition) is 1. The molecule has 1 rings (SSSR count). The van der Waals surface area contributed by atoms with Crippen LogP contribution >= 0.6 is 0 Å². The van der Waals surface area contributed by atoms with Gasteiger partial charge in [0.05, 0.1) is 11.6 Å².